The Bertz CT molecular complexity index is 2460. The number of nitrogens with zero attached hydrogens (tertiary/aromatic N) is 3. The predicted octanol–water partition coefficient (Wildman–Crippen LogP) is 7.74. The van der Waals surface area contributed by atoms with Crippen LogP contribution in [0.5, 0.6) is 11.5 Å². The van der Waals surface area contributed by atoms with Gasteiger partial charge < -0.3 is 24.7 Å². The van der Waals surface area contributed by atoms with E-state index in [4.69, 9.17) is 9.47 Å². The van der Waals surface area contributed by atoms with Crippen LogP contribution >= 0.6 is 0 Å². The van der Waals surface area contributed by atoms with Crippen molar-refractivity contribution in [1.29, 1.82) is 0 Å². The van der Waals surface area contributed by atoms with E-state index in [1.807, 2.05) is 36.5 Å². The molecule has 5 aromatic carbocycles. The number of ether oxygens (including phenoxy) is 2. The lowest BCUT2D eigenvalue weighted by Crippen LogP contribution is -2.48. The van der Waals surface area contributed by atoms with E-state index in [1.54, 1.807) is 24.3 Å². The Morgan fingerprint density at radius 3 is 2.26 bits per heavy atom. The number of sulfonamides is 1. The number of aromatic nitrogens is 1. The summed E-state index contributed by atoms with van der Waals surface area (Å²) in [6.07, 6.45) is 3.47. The van der Waals surface area contributed by atoms with Crippen LogP contribution in [0.15, 0.2) is 132 Å². The van der Waals surface area contributed by atoms with Gasteiger partial charge in [-0.25, -0.2) is 13.1 Å². The summed E-state index contributed by atoms with van der Waals surface area (Å²) in [6.45, 7) is 4.68. The van der Waals surface area contributed by atoms with Crippen LogP contribution in [-0.4, -0.2) is 75.1 Å². The van der Waals surface area contributed by atoms with E-state index < -0.39 is 31.4 Å². The van der Waals surface area contributed by atoms with E-state index in [2.05, 4.69) is 73.4 Å². The quantitative estimate of drug-likeness (QED) is 0.0780. The van der Waals surface area contributed by atoms with Gasteiger partial charge in [-0.2, -0.15) is 0 Å². The maximum Gasteiger partial charge on any atom is 0.293 e. The Kier molecular flexibility index (Phi) is 11.4. The highest BCUT2D eigenvalue weighted by molar-refractivity contribution is 7.90. The van der Waals surface area contributed by atoms with Crippen molar-refractivity contribution in [3.05, 3.63) is 154 Å². The topological polar surface area (TPSA) is 159 Å². The first-order valence-electron chi connectivity index (χ1n) is 19.4. The van der Waals surface area contributed by atoms with Crippen molar-refractivity contribution in [2.24, 2.45) is 5.92 Å². The highest BCUT2D eigenvalue weighted by atomic mass is 32.2. The predicted molar refractivity (Wildman–Crippen MR) is 223 cm³/mol. The molecule has 1 aromatic heterocycles. The second-order valence-electron chi connectivity index (χ2n) is 14.6. The van der Waals surface area contributed by atoms with Crippen LogP contribution in [-0.2, 0) is 14.8 Å². The number of benzene rings is 5. The van der Waals surface area contributed by atoms with Crippen LogP contribution in [0.2, 0.25) is 0 Å². The first kappa shape index (κ1) is 38.6. The number of hydrogen-bond acceptors (Lipinski definition) is 10. The fraction of sp³-hybridized carbons (Fsp3) is 0.250. The van der Waals surface area contributed by atoms with Gasteiger partial charge >= 0.3 is 0 Å². The highest BCUT2D eigenvalue weighted by Crippen LogP contribution is 2.35. The number of amides is 1. The molecule has 0 unspecified atom stereocenters. The average Bonchev–Trinajstić information content (AvgIpc) is 3.72. The summed E-state index contributed by atoms with van der Waals surface area (Å²) in [5.41, 5.74) is 3.93. The molecule has 6 aromatic rings. The number of rotatable bonds is 13. The zero-order valence-corrected chi connectivity index (χ0v) is 32.6. The summed E-state index contributed by atoms with van der Waals surface area (Å²) in [7, 11) is -4.54. The van der Waals surface area contributed by atoms with E-state index in [0.29, 0.717) is 38.6 Å². The fourth-order valence-electron chi connectivity index (χ4n) is 7.74. The van der Waals surface area contributed by atoms with Crippen LogP contribution in [0.25, 0.3) is 10.9 Å². The Labute approximate surface area is 336 Å². The van der Waals surface area contributed by atoms with E-state index in [0.717, 1.165) is 48.6 Å². The number of carbonyl (C=O) groups is 1. The molecule has 0 bridgehead atoms. The number of nitrogens with one attached hydrogen (secondary N) is 3. The molecule has 3 heterocycles. The number of H-pyrrole nitrogens is 1. The minimum atomic E-state index is -4.54. The van der Waals surface area contributed by atoms with Gasteiger partial charge in [-0.1, -0.05) is 60.7 Å². The largest absolute Gasteiger partial charge is 0.456 e. The number of nitro benzene ring substituents is 1. The molecular formula is C44H44N6O7S. The molecule has 0 atom stereocenters. The summed E-state index contributed by atoms with van der Waals surface area (Å²) in [5, 5.41) is 16.1. The normalized spacial score (nSPS) is 15.4. The molecule has 58 heavy (non-hydrogen) atoms. The van der Waals surface area contributed by atoms with Crippen molar-refractivity contribution in [2.45, 2.75) is 23.8 Å². The van der Waals surface area contributed by atoms with Gasteiger partial charge in [-0.15, -0.1) is 0 Å². The van der Waals surface area contributed by atoms with E-state index in [-0.39, 0.29) is 29.0 Å². The van der Waals surface area contributed by atoms with Gasteiger partial charge in [-0.3, -0.25) is 19.8 Å². The Hall–Kier alpha value is -6.22. The molecule has 3 N–H and O–H groups in total. The minimum Gasteiger partial charge on any atom is -0.456 e. The van der Waals surface area contributed by atoms with Crippen LogP contribution in [0.3, 0.4) is 0 Å². The number of anilines is 2. The van der Waals surface area contributed by atoms with Gasteiger partial charge in [0.25, 0.3) is 21.6 Å². The van der Waals surface area contributed by atoms with Crippen molar-refractivity contribution in [3.63, 3.8) is 0 Å². The second-order valence-corrected chi connectivity index (χ2v) is 16.2. The molecule has 2 aliphatic heterocycles. The Morgan fingerprint density at radius 1 is 0.862 bits per heavy atom. The van der Waals surface area contributed by atoms with Crippen LogP contribution in [0, 0.1) is 16.0 Å². The average molecular weight is 801 g/mol. The van der Waals surface area contributed by atoms with Gasteiger partial charge in [0.15, 0.2) is 0 Å². The third-order valence-corrected chi connectivity index (χ3v) is 12.2. The molecule has 2 aliphatic rings. The summed E-state index contributed by atoms with van der Waals surface area (Å²) < 4.78 is 41.2. The van der Waals surface area contributed by atoms with Gasteiger partial charge in [0.05, 0.1) is 21.4 Å². The first-order valence-corrected chi connectivity index (χ1v) is 20.9. The highest BCUT2D eigenvalue weighted by Gasteiger charge is 2.29. The molecule has 298 valence electrons. The lowest BCUT2D eigenvalue weighted by molar-refractivity contribution is -0.384. The Morgan fingerprint density at radius 2 is 1.57 bits per heavy atom. The molecule has 0 spiro atoms. The standard InChI is InChI=1S/C44H44N6O7S/c51-44(47-58(54,55)37-13-16-40(41(29-37)50(52)53)46-30-31-18-25-56-26-19-31)38-14-11-35(28-42(38)57-36-12-15-39-34(27-36)17-20-45-39)48-21-23-49(24-22-48)43(32-7-3-1-4-8-32)33-9-5-2-6-10-33/h1-17,20,27-29,31,43,45-46H,18-19,21-26,30H2,(H,47,51). The molecule has 0 aliphatic carbocycles. The number of fused-ring (bicyclic) bond motifs is 1. The molecule has 0 radical (unpaired) electrons. The van der Waals surface area contributed by atoms with E-state index >= 15 is 0 Å². The molecule has 14 heteroatoms. The van der Waals surface area contributed by atoms with Crippen molar-refractivity contribution in [3.8, 4) is 11.5 Å². The first-order chi connectivity index (χ1) is 28.2. The third-order valence-electron chi connectivity index (χ3n) is 10.9. The van der Waals surface area contributed by atoms with Crippen molar-refractivity contribution in [2.75, 3.05) is 56.2 Å². The number of hydrogen-bond donors (Lipinski definition) is 3. The SMILES string of the molecule is O=C(NS(=O)(=O)c1ccc(NCC2CCOCC2)c([N+](=O)[O-])c1)c1ccc(N2CCN(C(c3ccccc3)c3ccccc3)CC2)cc1Oc1ccc2[nH]ccc2c1. The van der Waals surface area contributed by atoms with Crippen LogP contribution in [0.1, 0.15) is 40.4 Å². The molecular weight excluding hydrogens is 757 g/mol. The monoisotopic (exact) mass is 800 g/mol. The Balaban J connectivity index is 1.03. The van der Waals surface area contributed by atoms with E-state index in [9.17, 15) is 23.3 Å². The van der Waals surface area contributed by atoms with Crippen LogP contribution in [0.4, 0.5) is 17.1 Å². The zero-order valence-electron chi connectivity index (χ0n) is 31.8. The van der Waals surface area contributed by atoms with Crippen molar-refractivity contribution < 1.29 is 27.6 Å². The van der Waals surface area contributed by atoms with Gasteiger partial charge in [-0.05, 0) is 78.4 Å². The fourth-order valence-corrected chi connectivity index (χ4v) is 8.73. The molecule has 8 rings (SSSR count). The third kappa shape index (κ3) is 8.69. The maximum absolute atomic E-state index is 13.9. The second kappa shape index (κ2) is 17.1. The van der Waals surface area contributed by atoms with E-state index in [1.165, 1.54) is 23.3 Å². The maximum atomic E-state index is 13.9. The molecule has 1 amide bonds. The zero-order chi connectivity index (χ0) is 40.1. The molecule has 13 nitrogen and oxygen atoms in total. The minimum absolute atomic E-state index is 0.0161. The van der Waals surface area contributed by atoms with Gasteiger partial charge in [0, 0.05) is 80.9 Å². The lowest BCUT2D eigenvalue weighted by atomic mass is 9.96. The van der Waals surface area contributed by atoms with Gasteiger partial charge in [0.1, 0.15) is 17.2 Å². The summed E-state index contributed by atoms with van der Waals surface area (Å²) in [5.74, 6) is -0.0429. The molecule has 0 saturated carbocycles. The summed E-state index contributed by atoms with van der Waals surface area (Å²) in [4.78, 5) is 32.8. The van der Waals surface area contributed by atoms with Gasteiger partial charge in [0.2, 0.25) is 0 Å². The molecule has 2 fully saturated rings. The lowest BCUT2D eigenvalue weighted by Gasteiger charge is -2.40. The number of carbonyl (C=O) groups excluding carboxylic acids is 1. The van der Waals surface area contributed by atoms with Crippen molar-refractivity contribution in [1.82, 2.24) is 14.6 Å². The summed E-state index contributed by atoms with van der Waals surface area (Å²) >= 11 is 0. The van der Waals surface area contributed by atoms with Crippen LogP contribution < -0.4 is 19.7 Å². The number of piperazine rings is 1. The van der Waals surface area contributed by atoms with Crippen molar-refractivity contribution >= 4 is 43.9 Å². The number of nitro groups is 1. The smallest absolute Gasteiger partial charge is 0.293 e. The molecule has 2 saturated heterocycles. The summed E-state index contributed by atoms with van der Waals surface area (Å²) in [6, 6.07) is 37.1. The number of aromatic amines is 1.